The molecule has 0 aliphatic heterocycles. The van der Waals surface area contributed by atoms with E-state index < -0.39 is 11.0 Å². The summed E-state index contributed by atoms with van der Waals surface area (Å²) in [5, 5.41) is 9.12. The molecule has 0 spiro atoms. The van der Waals surface area contributed by atoms with Crippen molar-refractivity contribution in [1.82, 2.24) is 24.5 Å². The molecule has 0 aliphatic carbocycles. The average Bonchev–Trinajstić information content (AvgIpc) is 3.42. The Balaban J connectivity index is 1.75. The van der Waals surface area contributed by atoms with Crippen LogP contribution in [0.25, 0.3) is 16.7 Å². The molecule has 0 amide bonds. The number of aromatic nitrogens is 5. The van der Waals surface area contributed by atoms with Crippen LogP contribution in [0.2, 0.25) is 0 Å². The number of halogens is 1. The lowest BCUT2D eigenvalue weighted by atomic mass is 10.2. The van der Waals surface area contributed by atoms with Gasteiger partial charge in [0.15, 0.2) is 34.9 Å². The molecule has 1 aromatic carbocycles. The Hall–Kier alpha value is -3.25. The monoisotopic (exact) mass is 460 g/mol. The van der Waals surface area contributed by atoms with E-state index in [4.69, 9.17) is 4.74 Å². The molecule has 0 fully saturated rings. The Bertz CT molecular complexity index is 1310. The molecule has 12 heteroatoms. The van der Waals surface area contributed by atoms with E-state index in [0.717, 1.165) is 9.10 Å². The van der Waals surface area contributed by atoms with Crippen LogP contribution in [-0.4, -0.2) is 41.6 Å². The van der Waals surface area contributed by atoms with Crippen molar-refractivity contribution in [3.63, 3.8) is 0 Å². The van der Waals surface area contributed by atoms with E-state index >= 15 is 0 Å². The fourth-order valence-electron chi connectivity index (χ4n) is 3.09. The number of hydrogen-bond acceptors (Lipinski definition) is 7. The molecule has 0 N–H and O–H groups in total. The van der Waals surface area contributed by atoms with Crippen molar-refractivity contribution in [1.29, 1.82) is 0 Å². The molecule has 0 saturated heterocycles. The van der Waals surface area contributed by atoms with E-state index in [0.29, 0.717) is 22.6 Å². The van der Waals surface area contributed by atoms with Crippen LogP contribution < -0.4 is 8.45 Å². The van der Waals surface area contributed by atoms with E-state index in [9.17, 15) is 12.9 Å². The predicted molar refractivity (Wildman–Crippen MR) is 116 cm³/mol. The van der Waals surface area contributed by atoms with E-state index in [2.05, 4.69) is 15.2 Å². The predicted octanol–water partition coefficient (Wildman–Crippen LogP) is 3.43. The maximum Gasteiger partial charge on any atom is 0.178 e. The molecule has 1 unspecified atom stereocenters. The van der Waals surface area contributed by atoms with Crippen molar-refractivity contribution in [3.05, 3.63) is 54.6 Å². The third-order valence-electron chi connectivity index (χ3n) is 4.60. The molecule has 0 bridgehead atoms. The van der Waals surface area contributed by atoms with Gasteiger partial charge in [-0.1, -0.05) is 0 Å². The molecule has 9 nitrogen and oxygen atoms in total. The number of ether oxygens (including phenoxy) is 1. The molecular weight excluding hydrogens is 443 g/mol. The smallest absolute Gasteiger partial charge is 0.178 e. The normalized spacial score (nSPS) is 12.1. The van der Waals surface area contributed by atoms with Gasteiger partial charge < -0.3 is 4.74 Å². The minimum Gasteiger partial charge on any atom is -0.494 e. The van der Waals surface area contributed by atoms with Gasteiger partial charge in [-0.3, -0.25) is 9.48 Å². The minimum absolute atomic E-state index is 0.115. The van der Waals surface area contributed by atoms with Crippen LogP contribution in [0.1, 0.15) is 17.3 Å². The van der Waals surface area contributed by atoms with Gasteiger partial charge in [0.25, 0.3) is 0 Å². The number of carbonyl (C=O) groups excluding carboxylic acids is 1. The Kier molecular flexibility index (Phi) is 5.74. The summed E-state index contributed by atoms with van der Waals surface area (Å²) in [4.78, 5) is 16.0. The summed E-state index contributed by atoms with van der Waals surface area (Å²) in [5.74, 6) is 0.607. The highest BCUT2D eigenvalue weighted by Gasteiger charge is 2.27. The third kappa shape index (κ3) is 3.79. The van der Waals surface area contributed by atoms with E-state index in [-0.39, 0.29) is 28.7 Å². The number of carbonyl (C=O) groups is 1. The van der Waals surface area contributed by atoms with Gasteiger partial charge >= 0.3 is 0 Å². The van der Waals surface area contributed by atoms with Gasteiger partial charge in [0.1, 0.15) is 11.4 Å². The summed E-state index contributed by atoms with van der Waals surface area (Å²) >= 11 is -0.191. The minimum atomic E-state index is -1.98. The fraction of sp³-hybridized carbons (Fsp3) is 0.158. The summed E-state index contributed by atoms with van der Waals surface area (Å²) in [6.45, 7) is 1.45. The van der Waals surface area contributed by atoms with Gasteiger partial charge in [0, 0.05) is 24.2 Å². The molecular formula is C19H17FN6O3S2. The van der Waals surface area contributed by atoms with Crippen LogP contribution in [-0.2, 0) is 18.0 Å². The lowest BCUT2D eigenvalue weighted by Crippen LogP contribution is -2.18. The van der Waals surface area contributed by atoms with Crippen molar-refractivity contribution in [2.24, 2.45) is 7.05 Å². The van der Waals surface area contributed by atoms with Crippen molar-refractivity contribution in [2.45, 2.75) is 11.8 Å². The topological polar surface area (TPSA) is 95.1 Å². The average molecular weight is 461 g/mol. The van der Waals surface area contributed by atoms with E-state index in [1.165, 1.54) is 37.3 Å². The first-order valence-electron chi connectivity index (χ1n) is 8.96. The lowest BCUT2D eigenvalue weighted by Gasteiger charge is -2.20. The van der Waals surface area contributed by atoms with Gasteiger partial charge in [-0.25, -0.2) is 13.9 Å². The summed E-state index contributed by atoms with van der Waals surface area (Å²) in [5.41, 5.74) is 1.33. The fourth-order valence-corrected chi connectivity index (χ4v) is 4.66. The first kappa shape index (κ1) is 21.0. The molecule has 1 atom stereocenters. The molecule has 160 valence electrons. The Labute approximate surface area is 183 Å². The van der Waals surface area contributed by atoms with Crippen LogP contribution in [0.3, 0.4) is 0 Å². The first-order valence-corrected chi connectivity index (χ1v) is 10.7. The molecule has 0 radical (unpaired) electrons. The second-order valence-corrected chi connectivity index (χ2v) is 8.55. The molecule has 3 heterocycles. The summed E-state index contributed by atoms with van der Waals surface area (Å²) in [6.07, 6.45) is 5.95. The van der Waals surface area contributed by atoms with Crippen LogP contribution in [0.5, 0.6) is 5.75 Å². The number of nitrogens with zero attached hydrogens (tertiary/aromatic N) is 6. The molecule has 31 heavy (non-hydrogen) atoms. The second-order valence-electron chi connectivity index (χ2n) is 6.48. The van der Waals surface area contributed by atoms with E-state index in [1.54, 1.807) is 42.2 Å². The molecule has 4 rings (SSSR count). The highest BCUT2D eigenvalue weighted by Crippen LogP contribution is 2.41. The first-order chi connectivity index (χ1) is 14.9. The quantitative estimate of drug-likeness (QED) is 0.308. The number of ketones is 1. The second kappa shape index (κ2) is 8.47. The standard InChI is InChI=1S/C19H17FN6O3S2/c1-12(27)13-6-7-21-17(8-13)25-11-15(10-23-25)31(28)26(30-20)19-16(29-3)5-4-14-9-22-24(2)18(14)19/h4-11H,1-3H3. The van der Waals surface area contributed by atoms with Crippen LogP contribution in [0, 0.1) is 0 Å². The number of pyridine rings is 1. The zero-order valence-electron chi connectivity index (χ0n) is 16.7. The molecule has 3 aromatic heterocycles. The zero-order valence-corrected chi connectivity index (χ0v) is 18.4. The Morgan fingerprint density at radius 1 is 1.26 bits per heavy atom. The number of Topliss-reactive ketones (excluding diaryl/α,β-unsaturated/α-hetero) is 1. The SMILES string of the molecule is COc1ccc2cnn(C)c2c1N(SF)S(=O)c1cnn(-c2cc(C(C)=O)ccn2)c1. The number of hydrogen-bond donors (Lipinski definition) is 0. The maximum absolute atomic E-state index is 14.1. The third-order valence-corrected chi connectivity index (χ3v) is 6.58. The van der Waals surface area contributed by atoms with Gasteiger partial charge in [-0.2, -0.15) is 13.9 Å². The maximum atomic E-state index is 14.1. The highest BCUT2D eigenvalue weighted by atomic mass is 32.3. The van der Waals surface area contributed by atoms with Crippen molar-refractivity contribution in [3.8, 4) is 11.6 Å². The van der Waals surface area contributed by atoms with Crippen LogP contribution >= 0.6 is 12.3 Å². The molecule has 4 aromatic rings. The number of rotatable bonds is 7. The number of methoxy groups -OCH3 is 1. The number of benzene rings is 1. The van der Waals surface area contributed by atoms with Gasteiger partial charge in [-0.15, -0.1) is 3.89 Å². The van der Waals surface area contributed by atoms with Gasteiger partial charge in [-0.05, 0) is 31.2 Å². The summed E-state index contributed by atoms with van der Waals surface area (Å²) < 4.78 is 36.8. The van der Waals surface area contributed by atoms with Crippen molar-refractivity contribution in [2.75, 3.05) is 10.8 Å². The summed E-state index contributed by atoms with van der Waals surface area (Å²) in [6, 6.07) is 6.63. The van der Waals surface area contributed by atoms with Gasteiger partial charge in [0.2, 0.25) is 0 Å². The number of fused-ring (bicyclic) bond motifs is 1. The molecule has 0 saturated carbocycles. The van der Waals surface area contributed by atoms with Crippen molar-refractivity contribution >= 4 is 45.7 Å². The van der Waals surface area contributed by atoms with Crippen LogP contribution in [0.4, 0.5) is 9.57 Å². The number of anilines is 1. The zero-order chi connectivity index (χ0) is 22.1. The Morgan fingerprint density at radius 3 is 2.77 bits per heavy atom. The van der Waals surface area contributed by atoms with Crippen molar-refractivity contribution < 1.29 is 17.6 Å². The highest BCUT2D eigenvalue weighted by molar-refractivity contribution is 8.09. The largest absolute Gasteiger partial charge is 0.494 e. The molecule has 0 aliphatic rings. The summed E-state index contributed by atoms with van der Waals surface area (Å²) in [7, 11) is 1.19. The van der Waals surface area contributed by atoms with Gasteiger partial charge in [0.05, 0.1) is 36.1 Å². The number of aryl methyl sites for hydroxylation is 1. The lowest BCUT2D eigenvalue weighted by molar-refractivity contribution is 0.101. The Morgan fingerprint density at radius 2 is 2.06 bits per heavy atom. The van der Waals surface area contributed by atoms with Crippen LogP contribution in [0.15, 0.2) is 53.9 Å². The van der Waals surface area contributed by atoms with E-state index in [1.807, 2.05) is 0 Å².